The molecule has 74 valence electrons. The van der Waals surface area contributed by atoms with Crippen molar-refractivity contribution in [3.05, 3.63) is 28.4 Å². The summed E-state index contributed by atoms with van der Waals surface area (Å²) in [7, 11) is 1.66. The molecular formula is C10H11BrN2O. The van der Waals surface area contributed by atoms with Gasteiger partial charge in [0.1, 0.15) is 5.75 Å². The Balaban J connectivity index is 2.68. The molecule has 2 aromatic rings. The van der Waals surface area contributed by atoms with Crippen molar-refractivity contribution in [2.24, 2.45) is 5.73 Å². The highest BCUT2D eigenvalue weighted by Gasteiger charge is 2.07. The Morgan fingerprint density at radius 2 is 2.29 bits per heavy atom. The molecule has 0 unspecified atom stereocenters. The monoisotopic (exact) mass is 254 g/mol. The lowest BCUT2D eigenvalue weighted by molar-refractivity contribution is 0.415. The van der Waals surface area contributed by atoms with Crippen molar-refractivity contribution in [2.75, 3.05) is 7.11 Å². The molecule has 1 heterocycles. The van der Waals surface area contributed by atoms with Crippen LogP contribution in [0.1, 0.15) is 5.69 Å². The number of fused-ring (bicyclic) bond motifs is 1. The molecule has 0 saturated carbocycles. The van der Waals surface area contributed by atoms with Crippen LogP contribution in [0.3, 0.4) is 0 Å². The number of nitrogens with one attached hydrogen (secondary N) is 1. The van der Waals surface area contributed by atoms with Gasteiger partial charge < -0.3 is 15.5 Å². The lowest BCUT2D eigenvalue weighted by Gasteiger charge is -1.98. The number of rotatable bonds is 2. The molecule has 14 heavy (non-hydrogen) atoms. The van der Waals surface area contributed by atoms with Crippen molar-refractivity contribution < 1.29 is 4.74 Å². The highest BCUT2D eigenvalue weighted by molar-refractivity contribution is 9.10. The number of H-pyrrole nitrogens is 1. The summed E-state index contributed by atoms with van der Waals surface area (Å²) in [5.41, 5.74) is 7.67. The molecule has 0 atom stereocenters. The molecule has 0 bridgehead atoms. The Morgan fingerprint density at radius 1 is 1.50 bits per heavy atom. The summed E-state index contributed by atoms with van der Waals surface area (Å²) >= 11 is 3.51. The fourth-order valence-corrected chi connectivity index (χ4v) is 2.05. The van der Waals surface area contributed by atoms with E-state index in [0.717, 1.165) is 26.8 Å². The number of hydrogen-bond acceptors (Lipinski definition) is 2. The van der Waals surface area contributed by atoms with E-state index in [0.29, 0.717) is 6.54 Å². The first-order valence-corrected chi connectivity index (χ1v) is 5.09. The number of aromatic amines is 1. The van der Waals surface area contributed by atoms with Crippen LogP contribution in [0.15, 0.2) is 22.7 Å². The smallest absolute Gasteiger partial charge is 0.119 e. The van der Waals surface area contributed by atoms with E-state index in [1.165, 1.54) is 0 Å². The number of methoxy groups -OCH3 is 1. The Morgan fingerprint density at radius 3 is 2.93 bits per heavy atom. The van der Waals surface area contributed by atoms with E-state index < -0.39 is 0 Å². The Hall–Kier alpha value is -1.00. The van der Waals surface area contributed by atoms with Crippen LogP contribution >= 0.6 is 15.9 Å². The molecule has 3 nitrogen and oxygen atoms in total. The molecule has 0 spiro atoms. The Bertz CT molecular complexity index is 464. The van der Waals surface area contributed by atoms with Crippen LogP contribution in [0, 0.1) is 0 Å². The van der Waals surface area contributed by atoms with Crippen molar-refractivity contribution in [1.82, 2.24) is 4.98 Å². The molecule has 1 aromatic heterocycles. The highest BCUT2D eigenvalue weighted by atomic mass is 79.9. The van der Waals surface area contributed by atoms with Gasteiger partial charge >= 0.3 is 0 Å². The van der Waals surface area contributed by atoms with Gasteiger partial charge in [-0.05, 0) is 34.1 Å². The van der Waals surface area contributed by atoms with E-state index in [9.17, 15) is 0 Å². The fraction of sp³-hybridized carbons (Fsp3) is 0.200. The number of halogens is 1. The van der Waals surface area contributed by atoms with E-state index >= 15 is 0 Å². The molecule has 0 fully saturated rings. The second kappa shape index (κ2) is 3.63. The predicted molar refractivity (Wildman–Crippen MR) is 60.4 cm³/mol. The molecule has 4 heteroatoms. The maximum Gasteiger partial charge on any atom is 0.119 e. The molecule has 0 radical (unpaired) electrons. The van der Waals surface area contributed by atoms with Gasteiger partial charge in [-0.25, -0.2) is 0 Å². The van der Waals surface area contributed by atoms with Crippen LogP contribution in [0.25, 0.3) is 10.9 Å². The maximum atomic E-state index is 5.59. The van der Waals surface area contributed by atoms with Crippen LogP contribution in [0.5, 0.6) is 5.75 Å². The van der Waals surface area contributed by atoms with E-state index in [-0.39, 0.29) is 0 Å². The molecule has 0 saturated heterocycles. The average molecular weight is 255 g/mol. The Kier molecular flexibility index (Phi) is 2.48. The largest absolute Gasteiger partial charge is 0.497 e. The third-order valence-electron chi connectivity index (χ3n) is 2.22. The zero-order valence-corrected chi connectivity index (χ0v) is 9.39. The van der Waals surface area contributed by atoms with Gasteiger partial charge in [0, 0.05) is 27.6 Å². The minimum absolute atomic E-state index is 0.498. The third kappa shape index (κ3) is 1.40. The van der Waals surface area contributed by atoms with Crippen LogP contribution in [0.4, 0.5) is 0 Å². The second-order valence-electron chi connectivity index (χ2n) is 3.03. The maximum absolute atomic E-state index is 5.59. The molecule has 0 aliphatic heterocycles. The van der Waals surface area contributed by atoms with Crippen molar-refractivity contribution >= 4 is 26.8 Å². The van der Waals surface area contributed by atoms with Gasteiger partial charge in [0.2, 0.25) is 0 Å². The standard InChI is InChI=1S/C10H11BrN2O/c1-14-6-2-3-8-7(4-6)10(11)9(5-12)13-8/h2-4,13H,5,12H2,1H3. The van der Waals surface area contributed by atoms with Gasteiger partial charge in [0.25, 0.3) is 0 Å². The second-order valence-corrected chi connectivity index (χ2v) is 3.83. The van der Waals surface area contributed by atoms with Crippen LogP contribution in [-0.2, 0) is 6.54 Å². The summed E-state index contributed by atoms with van der Waals surface area (Å²) in [6.07, 6.45) is 0. The number of aromatic nitrogens is 1. The first-order valence-electron chi connectivity index (χ1n) is 4.30. The summed E-state index contributed by atoms with van der Waals surface area (Å²) in [5.74, 6) is 0.848. The molecule has 0 aliphatic rings. The van der Waals surface area contributed by atoms with Gasteiger partial charge in [0.15, 0.2) is 0 Å². The van der Waals surface area contributed by atoms with E-state index in [1.54, 1.807) is 7.11 Å². The zero-order chi connectivity index (χ0) is 10.1. The molecule has 3 N–H and O–H groups in total. The molecule has 0 amide bonds. The number of ether oxygens (including phenoxy) is 1. The summed E-state index contributed by atoms with van der Waals surface area (Å²) in [6, 6.07) is 5.89. The molecular weight excluding hydrogens is 244 g/mol. The van der Waals surface area contributed by atoms with Crippen LogP contribution in [0.2, 0.25) is 0 Å². The fourth-order valence-electron chi connectivity index (χ4n) is 1.46. The van der Waals surface area contributed by atoms with E-state index in [1.807, 2.05) is 18.2 Å². The topological polar surface area (TPSA) is 51.0 Å². The summed E-state index contributed by atoms with van der Waals surface area (Å²) in [5, 5.41) is 1.10. The average Bonchev–Trinajstić information content (AvgIpc) is 2.55. The highest BCUT2D eigenvalue weighted by Crippen LogP contribution is 2.30. The SMILES string of the molecule is COc1ccc2[nH]c(CN)c(Br)c2c1. The van der Waals surface area contributed by atoms with Gasteiger partial charge in [-0.2, -0.15) is 0 Å². The molecule has 1 aromatic carbocycles. The van der Waals surface area contributed by atoms with Crippen molar-refractivity contribution in [1.29, 1.82) is 0 Å². The summed E-state index contributed by atoms with van der Waals surface area (Å²) in [6.45, 7) is 0.498. The first kappa shape index (κ1) is 9.55. The molecule has 0 aliphatic carbocycles. The summed E-state index contributed by atoms with van der Waals surface area (Å²) < 4.78 is 6.18. The van der Waals surface area contributed by atoms with Crippen LogP contribution < -0.4 is 10.5 Å². The normalized spacial score (nSPS) is 10.8. The van der Waals surface area contributed by atoms with Gasteiger partial charge in [-0.15, -0.1) is 0 Å². The Labute approximate surface area is 90.4 Å². The number of nitrogens with two attached hydrogens (primary N) is 1. The van der Waals surface area contributed by atoms with E-state index in [4.69, 9.17) is 10.5 Å². The van der Waals surface area contributed by atoms with Crippen molar-refractivity contribution in [2.45, 2.75) is 6.54 Å². The van der Waals surface area contributed by atoms with Crippen molar-refractivity contribution in [3.63, 3.8) is 0 Å². The first-order chi connectivity index (χ1) is 6.76. The van der Waals surface area contributed by atoms with Crippen molar-refractivity contribution in [3.8, 4) is 5.75 Å². The quantitative estimate of drug-likeness (QED) is 0.865. The van der Waals surface area contributed by atoms with Gasteiger partial charge in [0.05, 0.1) is 7.11 Å². The minimum atomic E-state index is 0.498. The number of benzene rings is 1. The summed E-state index contributed by atoms with van der Waals surface area (Å²) in [4.78, 5) is 3.24. The lowest BCUT2D eigenvalue weighted by Crippen LogP contribution is -1.96. The van der Waals surface area contributed by atoms with Crippen LogP contribution in [-0.4, -0.2) is 12.1 Å². The minimum Gasteiger partial charge on any atom is -0.497 e. The van der Waals surface area contributed by atoms with Gasteiger partial charge in [-0.1, -0.05) is 0 Å². The third-order valence-corrected chi connectivity index (χ3v) is 3.12. The zero-order valence-electron chi connectivity index (χ0n) is 7.80. The molecule has 2 rings (SSSR count). The lowest BCUT2D eigenvalue weighted by atomic mass is 10.2. The predicted octanol–water partition coefficient (Wildman–Crippen LogP) is 2.40. The van der Waals surface area contributed by atoms with E-state index in [2.05, 4.69) is 20.9 Å². The number of hydrogen-bond donors (Lipinski definition) is 2. The van der Waals surface area contributed by atoms with Gasteiger partial charge in [-0.3, -0.25) is 0 Å².